The van der Waals surface area contributed by atoms with Crippen LogP contribution in [0.2, 0.25) is 10.0 Å². The minimum atomic E-state index is -4.27. The first-order chi connectivity index (χ1) is 18.0. The normalized spacial score (nSPS) is 12.0. The van der Waals surface area contributed by atoms with Crippen molar-refractivity contribution >= 4 is 50.7 Å². The molecule has 0 heterocycles. The number of anilines is 1. The van der Waals surface area contributed by atoms with E-state index in [4.69, 9.17) is 23.2 Å². The van der Waals surface area contributed by atoms with Gasteiger partial charge in [0, 0.05) is 18.1 Å². The van der Waals surface area contributed by atoms with Gasteiger partial charge in [-0.2, -0.15) is 0 Å². The van der Waals surface area contributed by atoms with Crippen LogP contribution in [0, 0.1) is 5.82 Å². The van der Waals surface area contributed by atoms with Crippen LogP contribution in [0.5, 0.6) is 0 Å². The molecule has 1 unspecified atom stereocenters. The number of nitrogens with zero attached hydrogens (tertiary/aromatic N) is 2. The fourth-order valence-corrected chi connectivity index (χ4v) is 5.51. The Labute approximate surface area is 232 Å². The SMILES string of the molecule is CCCNC(=O)C(C)N(Cc1cccc(Cl)c1)C(=O)CN(c1ccc(F)c(Cl)c1)S(=O)(=O)c1ccccc1. The van der Waals surface area contributed by atoms with Crippen molar-refractivity contribution in [3.8, 4) is 0 Å². The number of hydrogen-bond acceptors (Lipinski definition) is 4. The Bertz CT molecular complexity index is 1390. The Morgan fingerprint density at radius 1 is 1.00 bits per heavy atom. The monoisotopic (exact) mass is 579 g/mol. The predicted molar refractivity (Wildman–Crippen MR) is 147 cm³/mol. The number of halogens is 3. The topological polar surface area (TPSA) is 86.8 Å². The van der Waals surface area contributed by atoms with Gasteiger partial charge in [-0.1, -0.05) is 60.5 Å². The van der Waals surface area contributed by atoms with Crippen molar-refractivity contribution in [2.75, 3.05) is 17.4 Å². The van der Waals surface area contributed by atoms with Crippen molar-refractivity contribution in [2.45, 2.75) is 37.8 Å². The third-order valence-corrected chi connectivity index (χ3v) is 8.07. The number of rotatable bonds is 11. The van der Waals surface area contributed by atoms with Crippen molar-refractivity contribution in [2.24, 2.45) is 0 Å². The van der Waals surface area contributed by atoms with Crippen LogP contribution in [-0.2, 0) is 26.2 Å². The Balaban J connectivity index is 2.03. The van der Waals surface area contributed by atoms with E-state index in [0.29, 0.717) is 23.6 Å². The summed E-state index contributed by atoms with van der Waals surface area (Å²) in [5, 5.41) is 2.92. The van der Waals surface area contributed by atoms with E-state index in [9.17, 15) is 22.4 Å². The van der Waals surface area contributed by atoms with Gasteiger partial charge >= 0.3 is 0 Å². The maximum Gasteiger partial charge on any atom is 0.264 e. The van der Waals surface area contributed by atoms with Crippen molar-refractivity contribution in [1.82, 2.24) is 10.2 Å². The van der Waals surface area contributed by atoms with E-state index in [1.807, 2.05) is 6.92 Å². The molecule has 0 bridgehead atoms. The summed E-state index contributed by atoms with van der Waals surface area (Å²) in [5.41, 5.74) is 0.655. The molecule has 0 radical (unpaired) electrons. The van der Waals surface area contributed by atoms with Crippen molar-refractivity contribution < 1.29 is 22.4 Å². The van der Waals surface area contributed by atoms with Gasteiger partial charge in [0.25, 0.3) is 10.0 Å². The van der Waals surface area contributed by atoms with Crippen LogP contribution in [0.15, 0.2) is 77.7 Å². The molecule has 3 aromatic carbocycles. The molecule has 1 atom stereocenters. The van der Waals surface area contributed by atoms with Crippen molar-refractivity contribution in [3.05, 3.63) is 94.2 Å². The molecular weight excluding hydrogens is 552 g/mol. The van der Waals surface area contributed by atoms with E-state index in [0.717, 1.165) is 16.4 Å². The number of hydrogen-bond donors (Lipinski definition) is 1. The molecule has 0 aliphatic rings. The number of carbonyl (C=O) groups is 2. The molecule has 0 aliphatic heterocycles. The molecule has 0 saturated heterocycles. The summed E-state index contributed by atoms with van der Waals surface area (Å²) in [5.74, 6) is -1.77. The molecule has 0 saturated carbocycles. The van der Waals surface area contributed by atoms with E-state index >= 15 is 0 Å². The number of nitrogens with one attached hydrogen (secondary N) is 1. The first-order valence-electron chi connectivity index (χ1n) is 11.9. The third kappa shape index (κ3) is 7.24. The molecule has 0 spiro atoms. The maximum atomic E-state index is 13.9. The van der Waals surface area contributed by atoms with Crippen LogP contribution in [0.3, 0.4) is 0 Å². The summed E-state index contributed by atoms with van der Waals surface area (Å²) in [6.45, 7) is 3.23. The molecule has 7 nitrogen and oxygen atoms in total. The smallest absolute Gasteiger partial charge is 0.264 e. The molecule has 2 amide bonds. The zero-order valence-electron chi connectivity index (χ0n) is 20.9. The lowest BCUT2D eigenvalue weighted by atomic mass is 10.1. The lowest BCUT2D eigenvalue weighted by molar-refractivity contribution is -0.139. The second-order valence-electron chi connectivity index (χ2n) is 8.54. The van der Waals surface area contributed by atoms with Gasteiger partial charge in [0.2, 0.25) is 11.8 Å². The van der Waals surface area contributed by atoms with Crippen LogP contribution in [-0.4, -0.2) is 44.3 Å². The standard InChI is InChI=1S/C27H28Cl2FN3O4S/c1-3-14-31-27(35)19(2)32(17-20-8-7-9-21(28)15-20)26(34)18-33(22-12-13-25(30)24(29)16-22)38(36,37)23-10-5-4-6-11-23/h4-13,15-16,19H,3,14,17-18H2,1-2H3,(H,31,35). The van der Waals surface area contributed by atoms with Crippen molar-refractivity contribution in [1.29, 1.82) is 0 Å². The summed E-state index contributed by atoms with van der Waals surface area (Å²) in [6, 6.07) is 16.8. The van der Waals surface area contributed by atoms with E-state index in [-0.39, 0.29) is 28.1 Å². The molecule has 3 rings (SSSR count). The van der Waals surface area contributed by atoms with Crippen molar-refractivity contribution in [3.63, 3.8) is 0 Å². The zero-order chi connectivity index (χ0) is 27.9. The molecule has 0 fully saturated rings. The van der Waals surface area contributed by atoms with Gasteiger partial charge in [0.1, 0.15) is 18.4 Å². The van der Waals surface area contributed by atoms with Gasteiger partial charge < -0.3 is 10.2 Å². The highest BCUT2D eigenvalue weighted by atomic mass is 35.5. The Morgan fingerprint density at radius 2 is 1.71 bits per heavy atom. The molecular formula is C27H28Cl2FN3O4S. The zero-order valence-corrected chi connectivity index (χ0v) is 23.2. The largest absolute Gasteiger partial charge is 0.354 e. The average Bonchev–Trinajstić information content (AvgIpc) is 2.90. The number of benzene rings is 3. The van der Waals surface area contributed by atoms with E-state index < -0.39 is 34.3 Å². The lowest BCUT2D eigenvalue weighted by Gasteiger charge is -2.32. The summed E-state index contributed by atoms with van der Waals surface area (Å²) in [6.07, 6.45) is 0.703. The van der Waals surface area contributed by atoms with E-state index in [2.05, 4.69) is 5.32 Å². The number of amides is 2. The van der Waals surface area contributed by atoms with E-state index in [1.54, 1.807) is 49.4 Å². The Morgan fingerprint density at radius 3 is 2.34 bits per heavy atom. The van der Waals surface area contributed by atoms with Gasteiger partial charge in [0.15, 0.2) is 0 Å². The quantitative estimate of drug-likeness (QED) is 0.335. The summed E-state index contributed by atoms with van der Waals surface area (Å²) in [7, 11) is -4.27. The third-order valence-electron chi connectivity index (χ3n) is 5.76. The minimum absolute atomic E-state index is 0.000559. The van der Waals surface area contributed by atoms with Gasteiger partial charge in [0.05, 0.1) is 15.6 Å². The van der Waals surface area contributed by atoms with Crippen LogP contribution in [0.25, 0.3) is 0 Å². The molecule has 11 heteroatoms. The summed E-state index contributed by atoms with van der Waals surface area (Å²) < 4.78 is 42.1. The summed E-state index contributed by atoms with van der Waals surface area (Å²) >= 11 is 12.1. The second kappa shape index (κ2) is 13.1. The van der Waals surface area contributed by atoms with Gasteiger partial charge in [-0.15, -0.1) is 0 Å². The Hall–Kier alpha value is -3.14. The molecule has 38 heavy (non-hydrogen) atoms. The van der Waals surface area contributed by atoms with Crippen LogP contribution < -0.4 is 9.62 Å². The molecule has 0 aliphatic carbocycles. The molecule has 1 N–H and O–H groups in total. The first-order valence-corrected chi connectivity index (χ1v) is 14.1. The molecule has 202 valence electrons. The first kappa shape index (κ1) is 29.4. The second-order valence-corrected chi connectivity index (χ2v) is 11.2. The molecule has 3 aromatic rings. The van der Waals surface area contributed by atoms with Gasteiger partial charge in [-0.25, -0.2) is 12.8 Å². The highest BCUT2D eigenvalue weighted by Crippen LogP contribution is 2.28. The molecule has 0 aromatic heterocycles. The fraction of sp³-hybridized carbons (Fsp3) is 0.259. The maximum absolute atomic E-state index is 13.9. The van der Waals surface area contributed by atoms with Gasteiger partial charge in [-0.05, 0) is 61.4 Å². The van der Waals surface area contributed by atoms with E-state index in [1.165, 1.54) is 23.1 Å². The van der Waals surface area contributed by atoms with Crippen LogP contribution >= 0.6 is 23.2 Å². The van der Waals surface area contributed by atoms with Gasteiger partial charge in [-0.3, -0.25) is 13.9 Å². The van der Waals surface area contributed by atoms with Crippen LogP contribution in [0.4, 0.5) is 10.1 Å². The summed E-state index contributed by atoms with van der Waals surface area (Å²) in [4.78, 5) is 27.8. The highest BCUT2D eigenvalue weighted by Gasteiger charge is 2.32. The lowest BCUT2D eigenvalue weighted by Crippen LogP contribution is -2.51. The predicted octanol–water partition coefficient (Wildman–Crippen LogP) is 5.27. The fourth-order valence-electron chi connectivity index (χ4n) is 3.70. The highest BCUT2D eigenvalue weighted by molar-refractivity contribution is 7.92. The van der Waals surface area contributed by atoms with Crippen LogP contribution in [0.1, 0.15) is 25.8 Å². The number of carbonyl (C=O) groups excluding carboxylic acids is 2. The number of sulfonamides is 1. The average molecular weight is 581 g/mol. The minimum Gasteiger partial charge on any atom is -0.354 e. The Kier molecular flexibility index (Phi) is 10.1.